The van der Waals surface area contributed by atoms with Gasteiger partial charge in [-0.2, -0.15) is 5.10 Å². The van der Waals surface area contributed by atoms with Gasteiger partial charge in [-0.05, 0) is 31.0 Å². The number of halogens is 1. The fourth-order valence-electron chi connectivity index (χ4n) is 2.97. The minimum absolute atomic E-state index is 0.298. The molecule has 1 N–H and O–H groups in total. The van der Waals surface area contributed by atoms with Gasteiger partial charge in [0.2, 0.25) is 0 Å². The van der Waals surface area contributed by atoms with Crippen LogP contribution in [0.2, 0.25) is 5.15 Å². The van der Waals surface area contributed by atoms with E-state index in [-0.39, 0.29) is 5.91 Å². The number of aromatic nitrogens is 3. The third-order valence-electron chi connectivity index (χ3n) is 4.31. The van der Waals surface area contributed by atoms with Crippen molar-refractivity contribution in [3.05, 3.63) is 76.1 Å². The number of thiazole rings is 1. The van der Waals surface area contributed by atoms with E-state index in [1.54, 1.807) is 11.6 Å². The average Bonchev–Trinajstić information content (AvgIpc) is 3.17. The number of benzene rings is 2. The smallest absolute Gasteiger partial charge is 0.262 e. The molecule has 4 aromatic rings. The second-order valence-corrected chi connectivity index (χ2v) is 7.68. The normalized spacial score (nSPS) is 11.1. The van der Waals surface area contributed by atoms with Gasteiger partial charge in [0.05, 0.1) is 28.0 Å². The third-order valence-corrected chi connectivity index (χ3v) is 5.63. The first-order valence-electron chi connectivity index (χ1n) is 8.47. The van der Waals surface area contributed by atoms with Crippen LogP contribution < -0.4 is 5.32 Å². The van der Waals surface area contributed by atoms with Crippen molar-refractivity contribution >= 4 is 44.2 Å². The van der Waals surface area contributed by atoms with Crippen molar-refractivity contribution < 1.29 is 4.79 Å². The zero-order chi connectivity index (χ0) is 19.0. The van der Waals surface area contributed by atoms with E-state index in [0.717, 1.165) is 21.3 Å². The van der Waals surface area contributed by atoms with Crippen LogP contribution in [0.15, 0.2) is 48.5 Å². The monoisotopic (exact) mass is 396 g/mol. The summed E-state index contributed by atoms with van der Waals surface area (Å²) in [4.78, 5) is 17.3. The molecular formula is C20H17ClN4OS. The van der Waals surface area contributed by atoms with Crippen molar-refractivity contribution in [3.63, 3.8) is 0 Å². The molecule has 27 heavy (non-hydrogen) atoms. The van der Waals surface area contributed by atoms with E-state index < -0.39 is 0 Å². The van der Waals surface area contributed by atoms with Crippen molar-refractivity contribution in [2.75, 3.05) is 5.32 Å². The summed E-state index contributed by atoms with van der Waals surface area (Å²) < 4.78 is 2.68. The van der Waals surface area contributed by atoms with Crippen LogP contribution in [0.3, 0.4) is 0 Å². The van der Waals surface area contributed by atoms with Crippen LogP contribution in [0.25, 0.3) is 10.2 Å². The first kappa shape index (κ1) is 17.7. The van der Waals surface area contributed by atoms with E-state index in [2.05, 4.69) is 15.4 Å². The molecule has 0 spiro atoms. The average molecular weight is 397 g/mol. The molecule has 136 valence electrons. The molecular weight excluding hydrogens is 380 g/mol. The number of nitrogens with zero attached hydrogens (tertiary/aromatic N) is 3. The summed E-state index contributed by atoms with van der Waals surface area (Å²) in [5.74, 6) is -0.298. The van der Waals surface area contributed by atoms with Gasteiger partial charge < -0.3 is 0 Å². The lowest BCUT2D eigenvalue weighted by molar-refractivity contribution is 0.102. The molecule has 1 amide bonds. The van der Waals surface area contributed by atoms with Gasteiger partial charge >= 0.3 is 0 Å². The summed E-state index contributed by atoms with van der Waals surface area (Å²) in [6.45, 7) is 4.29. The maximum atomic E-state index is 12.8. The van der Waals surface area contributed by atoms with Gasteiger partial charge in [-0.15, -0.1) is 0 Å². The number of para-hydroxylation sites is 1. The van der Waals surface area contributed by atoms with Crippen LogP contribution in [-0.4, -0.2) is 20.7 Å². The van der Waals surface area contributed by atoms with E-state index in [0.29, 0.717) is 28.1 Å². The highest BCUT2D eigenvalue weighted by atomic mass is 35.5. The molecule has 0 fully saturated rings. The fourth-order valence-corrected chi connectivity index (χ4v) is 4.23. The summed E-state index contributed by atoms with van der Waals surface area (Å²) >= 11 is 7.91. The van der Waals surface area contributed by atoms with Gasteiger partial charge in [-0.1, -0.05) is 65.4 Å². The van der Waals surface area contributed by atoms with E-state index in [9.17, 15) is 4.79 Å². The maximum absolute atomic E-state index is 12.8. The Hall–Kier alpha value is -2.70. The first-order valence-corrected chi connectivity index (χ1v) is 9.66. The van der Waals surface area contributed by atoms with Crippen molar-refractivity contribution in [2.45, 2.75) is 20.4 Å². The van der Waals surface area contributed by atoms with Gasteiger partial charge in [-0.25, -0.2) is 9.67 Å². The summed E-state index contributed by atoms with van der Waals surface area (Å²) in [6, 6.07) is 15.8. The number of carbonyl (C=O) groups is 1. The Morgan fingerprint density at radius 2 is 1.93 bits per heavy atom. The highest BCUT2D eigenvalue weighted by Gasteiger charge is 2.21. The molecule has 0 bridgehead atoms. The zero-order valence-electron chi connectivity index (χ0n) is 14.9. The topological polar surface area (TPSA) is 59.8 Å². The first-order chi connectivity index (χ1) is 13.0. The molecule has 2 aromatic carbocycles. The molecule has 0 aliphatic carbocycles. The maximum Gasteiger partial charge on any atom is 0.262 e. The SMILES string of the molecule is Cc1nn(Cc2ccccc2)c(Cl)c1C(=O)Nc1nc2c(C)cccc2s1. The van der Waals surface area contributed by atoms with E-state index in [4.69, 9.17) is 11.6 Å². The quantitative estimate of drug-likeness (QED) is 0.524. The van der Waals surface area contributed by atoms with Crippen LogP contribution >= 0.6 is 22.9 Å². The predicted molar refractivity (Wildman–Crippen MR) is 110 cm³/mol. The van der Waals surface area contributed by atoms with Gasteiger partial charge in [0.25, 0.3) is 5.91 Å². The van der Waals surface area contributed by atoms with Crippen LogP contribution in [-0.2, 0) is 6.54 Å². The molecule has 4 rings (SSSR count). The van der Waals surface area contributed by atoms with Crippen molar-refractivity contribution in [1.29, 1.82) is 0 Å². The van der Waals surface area contributed by atoms with Gasteiger partial charge in [-0.3, -0.25) is 10.1 Å². The fraction of sp³-hybridized carbons (Fsp3) is 0.150. The number of hydrogen-bond donors (Lipinski definition) is 1. The molecule has 0 unspecified atom stereocenters. The van der Waals surface area contributed by atoms with Gasteiger partial charge in [0.1, 0.15) is 5.15 Å². The molecule has 0 atom stereocenters. The summed E-state index contributed by atoms with van der Waals surface area (Å²) in [6.07, 6.45) is 0. The molecule has 5 nitrogen and oxygen atoms in total. The van der Waals surface area contributed by atoms with Crippen LogP contribution in [0, 0.1) is 13.8 Å². The number of fused-ring (bicyclic) bond motifs is 1. The molecule has 0 saturated carbocycles. The number of rotatable bonds is 4. The summed E-state index contributed by atoms with van der Waals surface area (Å²) in [7, 11) is 0. The number of aryl methyl sites for hydroxylation is 2. The Kier molecular flexibility index (Phi) is 4.68. The Morgan fingerprint density at radius 1 is 1.15 bits per heavy atom. The minimum atomic E-state index is -0.298. The Morgan fingerprint density at radius 3 is 2.67 bits per heavy atom. The van der Waals surface area contributed by atoms with E-state index >= 15 is 0 Å². The highest BCUT2D eigenvalue weighted by Crippen LogP contribution is 2.29. The van der Waals surface area contributed by atoms with E-state index in [1.165, 1.54) is 11.3 Å². The molecule has 2 aromatic heterocycles. The number of carbonyl (C=O) groups excluding carboxylic acids is 1. The minimum Gasteiger partial charge on any atom is -0.298 e. The lowest BCUT2D eigenvalue weighted by atomic mass is 10.2. The van der Waals surface area contributed by atoms with Crippen LogP contribution in [0.4, 0.5) is 5.13 Å². The lowest BCUT2D eigenvalue weighted by Gasteiger charge is -2.04. The van der Waals surface area contributed by atoms with Crippen LogP contribution in [0.1, 0.15) is 27.2 Å². The van der Waals surface area contributed by atoms with Crippen molar-refractivity contribution in [1.82, 2.24) is 14.8 Å². The molecule has 0 radical (unpaired) electrons. The number of amides is 1. The predicted octanol–water partition coefficient (Wildman–Crippen LogP) is 5.06. The molecule has 2 heterocycles. The van der Waals surface area contributed by atoms with Gasteiger partial charge in [0, 0.05) is 0 Å². The second kappa shape index (κ2) is 7.13. The van der Waals surface area contributed by atoms with Crippen molar-refractivity contribution in [2.24, 2.45) is 0 Å². The van der Waals surface area contributed by atoms with Crippen molar-refractivity contribution in [3.8, 4) is 0 Å². The molecule has 0 aliphatic rings. The lowest BCUT2D eigenvalue weighted by Crippen LogP contribution is -2.13. The number of nitrogens with one attached hydrogen (secondary N) is 1. The molecule has 0 aliphatic heterocycles. The number of anilines is 1. The van der Waals surface area contributed by atoms with Crippen LogP contribution in [0.5, 0.6) is 0 Å². The molecule has 7 heteroatoms. The Bertz CT molecular complexity index is 1130. The Labute approximate surface area is 165 Å². The second-order valence-electron chi connectivity index (χ2n) is 6.29. The number of hydrogen-bond acceptors (Lipinski definition) is 4. The zero-order valence-corrected chi connectivity index (χ0v) is 16.4. The standard InChI is InChI=1S/C20H17ClN4OS/c1-12-7-6-10-15-17(12)22-20(27-15)23-19(26)16-13(2)24-25(18(16)21)11-14-8-4-3-5-9-14/h3-10H,11H2,1-2H3,(H,22,23,26). The summed E-state index contributed by atoms with van der Waals surface area (Å²) in [5.41, 5.74) is 4.01. The van der Waals surface area contributed by atoms with Gasteiger partial charge in [0.15, 0.2) is 5.13 Å². The Balaban J connectivity index is 1.60. The third kappa shape index (κ3) is 3.46. The highest BCUT2D eigenvalue weighted by molar-refractivity contribution is 7.22. The van der Waals surface area contributed by atoms with E-state index in [1.807, 2.05) is 55.5 Å². The summed E-state index contributed by atoms with van der Waals surface area (Å²) in [5, 5.41) is 8.17. The largest absolute Gasteiger partial charge is 0.298 e. The molecule has 0 saturated heterocycles.